The van der Waals surface area contributed by atoms with Gasteiger partial charge in [0.1, 0.15) is 11.9 Å². The number of fused-ring (bicyclic) bond motifs is 3. The van der Waals surface area contributed by atoms with Crippen LogP contribution in [0.4, 0.5) is 0 Å². The molecule has 1 unspecified atom stereocenters. The van der Waals surface area contributed by atoms with E-state index < -0.39 is 0 Å². The Balaban J connectivity index is 1.31. The van der Waals surface area contributed by atoms with E-state index in [2.05, 4.69) is 58.3 Å². The standard InChI is InChI=1S/C21H23N3O/c1-24-16-3-4-17(24)12-19(11-16)25-18-5-7-21(23-13-18)14-2-6-20-15(10-14)8-9-22-20/h2,5-10,13,16-17,19,22H,3-4,11-12H2,1H3/t16-,17+,19?. The van der Waals surface area contributed by atoms with Gasteiger partial charge in [-0.05, 0) is 63.1 Å². The highest BCUT2D eigenvalue weighted by molar-refractivity contribution is 5.84. The molecule has 2 aliphatic rings. The average molecular weight is 333 g/mol. The van der Waals surface area contributed by atoms with Crippen LogP contribution in [-0.4, -0.2) is 40.1 Å². The number of aromatic amines is 1. The van der Waals surface area contributed by atoms with E-state index in [-0.39, 0.29) is 0 Å². The Hall–Kier alpha value is -2.33. The first-order chi connectivity index (χ1) is 12.3. The Bertz CT molecular complexity index is 872. The van der Waals surface area contributed by atoms with Crippen LogP contribution in [-0.2, 0) is 0 Å². The lowest BCUT2D eigenvalue weighted by Gasteiger charge is -2.36. The number of rotatable bonds is 3. The number of nitrogens with one attached hydrogen (secondary N) is 1. The number of ether oxygens (including phenoxy) is 1. The van der Waals surface area contributed by atoms with Crippen LogP contribution >= 0.6 is 0 Å². The number of hydrogen-bond acceptors (Lipinski definition) is 3. The molecule has 2 saturated heterocycles. The monoisotopic (exact) mass is 333 g/mol. The van der Waals surface area contributed by atoms with Crippen LogP contribution < -0.4 is 4.74 Å². The number of hydrogen-bond donors (Lipinski definition) is 1. The predicted octanol–water partition coefficient (Wildman–Crippen LogP) is 4.23. The Kier molecular flexibility index (Phi) is 3.52. The van der Waals surface area contributed by atoms with E-state index in [9.17, 15) is 0 Å². The largest absolute Gasteiger partial charge is 0.489 e. The summed E-state index contributed by atoms with van der Waals surface area (Å²) in [6, 6.07) is 14.0. The summed E-state index contributed by atoms with van der Waals surface area (Å²) in [4.78, 5) is 10.4. The van der Waals surface area contributed by atoms with Crippen molar-refractivity contribution in [2.24, 2.45) is 0 Å². The molecule has 5 rings (SSSR count). The average Bonchev–Trinajstić information content (AvgIpc) is 3.16. The van der Waals surface area contributed by atoms with Gasteiger partial charge in [0.25, 0.3) is 0 Å². The van der Waals surface area contributed by atoms with Crippen LogP contribution in [0.5, 0.6) is 5.75 Å². The number of aromatic nitrogens is 2. The summed E-state index contributed by atoms with van der Waals surface area (Å²) in [6.07, 6.45) is 9.08. The van der Waals surface area contributed by atoms with E-state index >= 15 is 0 Å². The number of pyridine rings is 1. The van der Waals surface area contributed by atoms with Crippen molar-refractivity contribution >= 4 is 10.9 Å². The van der Waals surface area contributed by atoms with Gasteiger partial charge in [-0.2, -0.15) is 0 Å². The van der Waals surface area contributed by atoms with Gasteiger partial charge in [-0.25, -0.2) is 0 Å². The quantitative estimate of drug-likeness (QED) is 0.780. The van der Waals surface area contributed by atoms with E-state index in [1.165, 1.54) is 18.2 Å². The second-order valence-corrected chi connectivity index (χ2v) is 7.42. The first kappa shape index (κ1) is 15.0. The Morgan fingerprint density at radius 2 is 1.92 bits per heavy atom. The lowest BCUT2D eigenvalue weighted by molar-refractivity contribution is 0.0659. The van der Waals surface area contributed by atoms with Crippen LogP contribution in [0, 0.1) is 0 Å². The Labute approximate surface area is 147 Å². The summed E-state index contributed by atoms with van der Waals surface area (Å²) in [6.45, 7) is 0. The summed E-state index contributed by atoms with van der Waals surface area (Å²) in [5.41, 5.74) is 3.27. The van der Waals surface area contributed by atoms with Gasteiger partial charge in [0.05, 0.1) is 11.9 Å². The maximum atomic E-state index is 6.24. The zero-order valence-corrected chi connectivity index (χ0v) is 14.5. The SMILES string of the molecule is CN1[C@@H]2CC[C@H]1CC(Oc1ccc(-c3ccc4[nH]ccc4c3)nc1)C2. The van der Waals surface area contributed by atoms with E-state index in [4.69, 9.17) is 4.74 Å². The highest BCUT2D eigenvalue weighted by atomic mass is 16.5. The van der Waals surface area contributed by atoms with Crippen molar-refractivity contribution in [2.45, 2.75) is 43.9 Å². The summed E-state index contributed by atoms with van der Waals surface area (Å²) in [5, 5.41) is 1.21. The van der Waals surface area contributed by atoms with Crippen molar-refractivity contribution < 1.29 is 4.74 Å². The third-order valence-electron chi connectivity index (χ3n) is 5.94. The summed E-state index contributed by atoms with van der Waals surface area (Å²) < 4.78 is 6.24. The van der Waals surface area contributed by atoms with Gasteiger partial charge in [-0.15, -0.1) is 0 Å². The van der Waals surface area contributed by atoms with Crippen LogP contribution in [0.15, 0.2) is 48.8 Å². The van der Waals surface area contributed by atoms with Crippen LogP contribution in [0.1, 0.15) is 25.7 Å². The predicted molar refractivity (Wildman–Crippen MR) is 99.8 cm³/mol. The summed E-state index contributed by atoms with van der Waals surface area (Å²) in [7, 11) is 2.26. The summed E-state index contributed by atoms with van der Waals surface area (Å²) >= 11 is 0. The van der Waals surface area contributed by atoms with Gasteiger partial charge in [0.2, 0.25) is 0 Å². The molecule has 0 aliphatic carbocycles. The van der Waals surface area contributed by atoms with Gasteiger partial charge in [-0.3, -0.25) is 4.98 Å². The molecular weight excluding hydrogens is 310 g/mol. The lowest BCUT2D eigenvalue weighted by Crippen LogP contribution is -2.43. The van der Waals surface area contributed by atoms with E-state index in [1.807, 2.05) is 12.4 Å². The van der Waals surface area contributed by atoms with Gasteiger partial charge < -0.3 is 14.6 Å². The molecule has 1 aromatic carbocycles. The topological polar surface area (TPSA) is 41.1 Å². The third-order valence-corrected chi connectivity index (χ3v) is 5.94. The molecule has 0 saturated carbocycles. The molecule has 2 bridgehead atoms. The number of nitrogens with zero attached hydrogens (tertiary/aromatic N) is 2. The van der Waals surface area contributed by atoms with E-state index in [1.54, 1.807) is 0 Å². The van der Waals surface area contributed by atoms with Gasteiger partial charge in [0, 0.05) is 34.7 Å². The Morgan fingerprint density at radius 1 is 1.08 bits per heavy atom. The van der Waals surface area contributed by atoms with E-state index in [0.29, 0.717) is 18.2 Å². The van der Waals surface area contributed by atoms with Crippen molar-refractivity contribution in [1.29, 1.82) is 0 Å². The second-order valence-electron chi connectivity index (χ2n) is 7.42. The molecular formula is C21H23N3O. The van der Waals surface area contributed by atoms with Gasteiger partial charge in [0.15, 0.2) is 0 Å². The molecule has 4 heterocycles. The fraction of sp³-hybridized carbons (Fsp3) is 0.381. The van der Waals surface area contributed by atoms with E-state index in [0.717, 1.165) is 35.4 Å². The lowest BCUT2D eigenvalue weighted by atomic mass is 10.0. The first-order valence-corrected chi connectivity index (χ1v) is 9.18. The molecule has 4 heteroatoms. The zero-order valence-electron chi connectivity index (χ0n) is 14.5. The molecule has 0 amide bonds. The fourth-order valence-electron chi connectivity index (χ4n) is 4.48. The third kappa shape index (κ3) is 2.71. The van der Waals surface area contributed by atoms with Crippen molar-refractivity contribution in [3.05, 3.63) is 48.8 Å². The minimum atomic E-state index is 0.331. The highest BCUT2D eigenvalue weighted by Crippen LogP contribution is 2.36. The first-order valence-electron chi connectivity index (χ1n) is 9.18. The minimum Gasteiger partial charge on any atom is -0.489 e. The second kappa shape index (κ2) is 5.88. The Morgan fingerprint density at radius 3 is 2.68 bits per heavy atom. The van der Waals surface area contributed by atoms with Crippen LogP contribution in [0.2, 0.25) is 0 Å². The molecule has 128 valence electrons. The van der Waals surface area contributed by atoms with Gasteiger partial charge in [-0.1, -0.05) is 6.07 Å². The van der Waals surface area contributed by atoms with Gasteiger partial charge >= 0.3 is 0 Å². The summed E-state index contributed by atoms with van der Waals surface area (Å²) in [5.74, 6) is 0.889. The number of piperidine rings is 1. The fourth-order valence-corrected chi connectivity index (χ4v) is 4.48. The molecule has 3 atom stereocenters. The van der Waals surface area contributed by atoms with Crippen molar-refractivity contribution in [2.75, 3.05) is 7.05 Å². The number of H-pyrrole nitrogens is 1. The smallest absolute Gasteiger partial charge is 0.138 e. The zero-order chi connectivity index (χ0) is 16.8. The molecule has 0 radical (unpaired) electrons. The van der Waals surface area contributed by atoms with Crippen molar-refractivity contribution in [1.82, 2.24) is 14.9 Å². The molecule has 2 aromatic heterocycles. The molecule has 0 spiro atoms. The minimum absolute atomic E-state index is 0.331. The van der Waals surface area contributed by atoms with Crippen molar-refractivity contribution in [3.63, 3.8) is 0 Å². The van der Waals surface area contributed by atoms with Crippen LogP contribution in [0.3, 0.4) is 0 Å². The molecule has 1 N–H and O–H groups in total. The maximum Gasteiger partial charge on any atom is 0.138 e. The normalized spacial score (nSPS) is 26.2. The number of benzene rings is 1. The molecule has 3 aromatic rings. The van der Waals surface area contributed by atoms with Crippen LogP contribution in [0.25, 0.3) is 22.2 Å². The van der Waals surface area contributed by atoms with Crippen molar-refractivity contribution in [3.8, 4) is 17.0 Å². The molecule has 25 heavy (non-hydrogen) atoms. The maximum absolute atomic E-state index is 6.24. The molecule has 2 fully saturated rings. The molecule has 2 aliphatic heterocycles. The highest BCUT2D eigenvalue weighted by Gasteiger charge is 2.39. The molecule has 4 nitrogen and oxygen atoms in total.